The predicted octanol–water partition coefficient (Wildman–Crippen LogP) is 6.11. The lowest BCUT2D eigenvalue weighted by Crippen LogP contribution is -2.59. The topological polar surface area (TPSA) is 140 Å². The molecule has 2 aromatic carbocycles. The van der Waals surface area contributed by atoms with E-state index in [4.69, 9.17) is 9.47 Å². The number of carbonyl (C=O) groups is 2. The summed E-state index contributed by atoms with van der Waals surface area (Å²) in [5.41, 5.74) is 2.42. The number of hydrogen-bond acceptors (Lipinski definition) is 10. The monoisotopic (exact) mass is 912 g/mol. The molecule has 14 nitrogen and oxygen atoms in total. The highest BCUT2D eigenvalue weighted by Crippen LogP contribution is 2.50. The molecule has 0 spiro atoms. The van der Waals surface area contributed by atoms with E-state index in [1.165, 1.54) is 5.69 Å². The number of carbonyl (C=O) groups excluding carboxylic acids is 2. The second-order valence-electron chi connectivity index (χ2n) is 20.5. The summed E-state index contributed by atoms with van der Waals surface area (Å²) >= 11 is 0. The SMILES string of the molecule is CCOc1ccc(N2C(CC)C3CN(C(=O)N4CCS(=O)(=O)CC4)CC2C(C)(C)C3)cc1.CCOc1ccc(N2CC3(C)CN(C(=O)N4CCS(=O)(=O)CC4)CC2C(C)(C)C3)cc1. The van der Waals surface area contributed by atoms with E-state index >= 15 is 0 Å². The van der Waals surface area contributed by atoms with Gasteiger partial charge in [0.15, 0.2) is 19.7 Å². The Balaban J connectivity index is 0.000000189. The number of sulfone groups is 2. The van der Waals surface area contributed by atoms with E-state index in [9.17, 15) is 26.4 Å². The zero-order valence-corrected chi connectivity index (χ0v) is 40.6. The molecule has 0 aliphatic carbocycles. The van der Waals surface area contributed by atoms with Gasteiger partial charge < -0.3 is 38.9 Å². The van der Waals surface area contributed by atoms with Crippen molar-refractivity contribution in [2.75, 3.05) is 105 Å². The molecule has 8 aliphatic heterocycles. The molecule has 8 aliphatic rings. The lowest BCUT2D eigenvalue weighted by Gasteiger charge is -2.53. The summed E-state index contributed by atoms with van der Waals surface area (Å²) in [6.45, 7) is 23.9. The first-order valence-corrected chi connectivity index (χ1v) is 26.8. The molecule has 350 valence electrons. The molecular formula is C47H72N6O8S2. The number of amides is 4. The molecule has 4 amide bonds. The Hall–Kier alpha value is -3.92. The second-order valence-corrected chi connectivity index (χ2v) is 25.1. The minimum Gasteiger partial charge on any atom is -0.494 e. The maximum absolute atomic E-state index is 13.4. The molecule has 2 aromatic rings. The van der Waals surface area contributed by atoms with Gasteiger partial charge in [0.1, 0.15) is 11.5 Å². The highest BCUT2D eigenvalue weighted by atomic mass is 32.2. The normalized spacial score (nSPS) is 29.3. The molecule has 0 saturated carbocycles. The zero-order chi connectivity index (χ0) is 45.5. The van der Waals surface area contributed by atoms with Crippen molar-refractivity contribution in [2.24, 2.45) is 22.2 Å². The summed E-state index contributed by atoms with van der Waals surface area (Å²) in [6.07, 6.45) is 3.16. The molecule has 5 atom stereocenters. The highest BCUT2D eigenvalue weighted by Gasteiger charge is 2.53. The molecule has 0 aromatic heterocycles. The van der Waals surface area contributed by atoms with Gasteiger partial charge in [0.05, 0.1) is 48.3 Å². The summed E-state index contributed by atoms with van der Waals surface area (Å²) < 4.78 is 58.5. The predicted molar refractivity (Wildman–Crippen MR) is 249 cm³/mol. The summed E-state index contributed by atoms with van der Waals surface area (Å²) in [5.74, 6) is 2.39. The van der Waals surface area contributed by atoms with Gasteiger partial charge in [-0.1, -0.05) is 41.5 Å². The third kappa shape index (κ3) is 10.3. The average Bonchev–Trinajstić information content (AvgIpc) is 3.60. The van der Waals surface area contributed by atoms with Crippen molar-refractivity contribution in [3.8, 4) is 11.5 Å². The van der Waals surface area contributed by atoms with E-state index in [1.54, 1.807) is 9.80 Å². The summed E-state index contributed by atoms with van der Waals surface area (Å²) in [6, 6.07) is 17.4. The van der Waals surface area contributed by atoms with Crippen LogP contribution >= 0.6 is 0 Å². The number of nitrogens with zero attached hydrogens (tertiary/aromatic N) is 6. The zero-order valence-electron chi connectivity index (χ0n) is 38.9. The quantitative estimate of drug-likeness (QED) is 0.320. The Morgan fingerprint density at radius 3 is 1.57 bits per heavy atom. The number of urea groups is 2. The fraction of sp³-hybridized carbons (Fsp3) is 0.702. The number of anilines is 2. The van der Waals surface area contributed by atoms with Crippen LogP contribution in [0.1, 0.15) is 74.7 Å². The number of benzene rings is 2. The molecule has 10 rings (SSSR count). The molecule has 8 saturated heterocycles. The maximum Gasteiger partial charge on any atom is 0.320 e. The molecule has 5 unspecified atom stereocenters. The standard InChI is InChI=1S/C24H37N3O4S.C23H35N3O4S/c1-5-21-18-15-24(3,4)22(27(21)19-7-9-20(10-8-19)31-6-2)17-26(16-18)23(28)25-11-13-32(29,30)14-12-25;1-5-30-19-8-6-18(7-9-19)26-17-23(4)15-22(2,3)20(26)14-25(16-23)21(27)24-10-12-31(28,29)13-11-24/h7-10,18,21-22H,5-6,11-17H2,1-4H3;6-9,20H,5,10-17H2,1-4H3. The van der Waals surface area contributed by atoms with Crippen LogP contribution in [0.4, 0.5) is 21.0 Å². The van der Waals surface area contributed by atoms with Gasteiger partial charge in [0.2, 0.25) is 0 Å². The van der Waals surface area contributed by atoms with E-state index in [1.807, 2.05) is 47.9 Å². The molecule has 16 heteroatoms. The smallest absolute Gasteiger partial charge is 0.320 e. The van der Waals surface area contributed by atoms with E-state index in [-0.39, 0.29) is 63.4 Å². The van der Waals surface area contributed by atoms with E-state index in [0.717, 1.165) is 49.5 Å². The average molecular weight is 913 g/mol. The van der Waals surface area contributed by atoms with Crippen LogP contribution in [0.15, 0.2) is 48.5 Å². The van der Waals surface area contributed by atoms with Gasteiger partial charge in [-0.15, -0.1) is 0 Å². The largest absolute Gasteiger partial charge is 0.494 e. The van der Waals surface area contributed by atoms with Crippen LogP contribution in [0.25, 0.3) is 0 Å². The van der Waals surface area contributed by atoms with E-state index in [2.05, 4.69) is 75.6 Å². The number of rotatable bonds is 7. The van der Waals surface area contributed by atoms with Gasteiger partial charge in [-0.2, -0.15) is 0 Å². The van der Waals surface area contributed by atoms with Crippen molar-refractivity contribution >= 4 is 43.1 Å². The first-order valence-electron chi connectivity index (χ1n) is 23.2. The van der Waals surface area contributed by atoms with Crippen LogP contribution in [0.5, 0.6) is 11.5 Å². The van der Waals surface area contributed by atoms with Crippen molar-refractivity contribution in [1.82, 2.24) is 19.6 Å². The Morgan fingerprint density at radius 1 is 0.603 bits per heavy atom. The minimum atomic E-state index is -3.01. The Kier molecular flexibility index (Phi) is 13.6. The second kappa shape index (κ2) is 18.2. The van der Waals surface area contributed by atoms with Gasteiger partial charge >= 0.3 is 12.1 Å². The van der Waals surface area contributed by atoms with Crippen molar-refractivity contribution < 1.29 is 35.9 Å². The first kappa shape index (κ1) is 47.1. The number of ether oxygens (including phenoxy) is 2. The fourth-order valence-electron chi connectivity index (χ4n) is 11.7. The molecule has 0 radical (unpaired) electrons. The van der Waals surface area contributed by atoms with Crippen LogP contribution in [-0.2, 0) is 19.7 Å². The lowest BCUT2D eigenvalue weighted by atomic mass is 9.67. The molecule has 8 fully saturated rings. The molecular weight excluding hydrogens is 841 g/mol. The summed E-state index contributed by atoms with van der Waals surface area (Å²) in [4.78, 5) is 39.3. The third-order valence-corrected chi connectivity index (χ3v) is 17.8. The lowest BCUT2D eigenvalue weighted by molar-refractivity contribution is 0.121. The van der Waals surface area contributed by atoms with E-state index < -0.39 is 19.7 Å². The Labute approximate surface area is 377 Å². The Morgan fingerprint density at radius 2 is 1.08 bits per heavy atom. The molecule has 0 N–H and O–H groups in total. The van der Waals surface area contributed by atoms with Gasteiger partial charge in [-0.05, 0) is 98.4 Å². The number of fused-ring (bicyclic) bond motifs is 8. The highest BCUT2D eigenvalue weighted by molar-refractivity contribution is 7.91. The Bertz CT molecular complexity index is 2140. The number of piperidine rings is 2. The van der Waals surface area contributed by atoms with Crippen molar-refractivity contribution in [2.45, 2.75) is 92.8 Å². The van der Waals surface area contributed by atoms with Gasteiger partial charge in [0.25, 0.3) is 0 Å². The fourth-order valence-corrected chi connectivity index (χ4v) is 14.1. The summed E-state index contributed by atoms with van der Waals surface area (Å²) in [5, 5.41) is 0. The van der Waals surface area contributed by atoms with Crippen LogP contribution < -0.4 is 19.3 Å². The van der Waals surface area contributed by atoms with E-state index in [0.29, 0.717) is 71.0 Å². The van der Waals surface area contributed by atoms with Crippen LogP contribution in [0.3, 0.4) is 0 Å². The molecule has 8 heterocycles. The van der Waals surface area contributed by atoms with Crippen molar-refractivity contribution in [1.29, 1.82) is 0 Å². The number of hydrogen-bond donors (Lipinski definition) is 0. The van der Waals surface area contributed by atoms with Gasteiger partial charge in [-0.3, -0.25) is 0 Å². The van der Waals surface area contributed by atoms with Crippen LogP contribution in [0.2, 0.25) is 0 Å². The minimum absolute atomic E-state index is 0.00371. The van der Waals surface area contributed by atoms with Crippen molar-refractivity contribution in [3.63, 3.8) is 0 Å². The maximum atomic E-state index is 13.4. The van der Waals surface area contributed by atoms with Crippen LogP contribution in [-0.4, -0.2) is 162 Å². The molecule has 4 bridgehead atoms. The van der Waals surface area contributed by atoms with Gasteiger partial charge in [-0.25, -0.2) is 26.4 Å². The first-order chi connectivity index (χ1) is 29.7. The van der Waals surface area contributed by atoms with Gasteiger partial charge in [0, 0.05) is 81.7 Å². The van der Waals surface area contributed by atoms with Crippen LogP contribution in [0, 0.1) is 22.2 Å². The summed E-state index contributed by atoms with van der Waals surface area (Å²) in [7, 11) is -6.02. The molecule has 63 heavy (non-hydrogen) atoms. The van der Waals surface area contributed by atoms with Crippen molar-refractivity contribution in [3.05, 3.63) is 48.5 Å². The third-order valence-electron chi connectivity index (χ3n) is 14.6.